The smallest absolute Gasteiger partial charge is 0.254 e. The Hall–Kier alpha value is -1.20. The van der Waals surface area contributed by atoms with Crippen molar-refractivity contribution in [1.82, 2.24) is 4.57 Å². The number of aryl methyl sites for hydroxylation is 1. The van der Waals surface area contributed by atoms with E-state index in [1.807, 2.05) is 0 Å². The van der Waals surface area contributed by atoms with Gasteiger partial charge in [0.05, 0.1) is 11.1 Å². The van der Waals surface area contributed by atoms with E-state index >= 15 is 0 Å². The fourth-order valence-electron chi connectivity index (χ4n) is 6.74. The van der Waals surface area contributed by atoms with Crippen LogP contribution in [0.1, 0.15) is 63.7 Å². The molecule has 4 fully saturated rings. The third-order valence-corrected chi connectivity index (χ3v) is 9.25. The Bertz CT molecular complexity index is 981. The molecule has 4 aliphatic rings. The Morgan fingerprint density at radius 3 is 2.23 bits per heavy atom. The molecule has 0 N–H and O–H groups in total. The number of rotatable bonds is 5. The summed E-state index contributed by atoms with van der Waals surface area (Å²) in [6, 6.07) is 8.53. The van der Waals surface area contributed by atoms with Crippen LogP contribution in [0, 0.1) is 23.2 Å². The van der Waals surface area contributed by atoms with E-state index in [2.05, 4.69) is 58.6 Å². The molecular formula is C25H31BrN2OS. The number of thiazole rings is 1. The first-order valence-electron chi connectivity index (χ1n) is 11.6. The first-order valence-corrected chi connectivity index (χ1v) is 13.2. The Morgan fingerprint density at radius 2 is 1.70 bits per heavy atom. The number of hydrogen-bond acceptors (Lipinski definition) is 2. The van der Waals surface area contributed by atoms with Gasteiger partial charge in [0.25, 0.3) is 5.91 Å². The molecule has 1 aromatic heterocycles. The van der Waals surface area contributed by atoms with Gasteiger partial charge >= 0.3 is 0 Å². The second kappa shape index (κ2) is 8.05. The summed E-state index contributed by atoms with van der Waals surface area (Å²) in [7, 11) is 0. The normalized spacial score (nSPS) is 30.2. The van der Waals surface area contributed by atoms with Crippen LogP contribution in [-0.4, -0.2) is 10.5 Å². The predicted octanol–water partition coefficient (Wildman–Crippen LogP) is 6.60. The van der Waals surface area contributed by atoms with E-state index in [9.17, 15) is 4.79 Å². The number of benzene rings is 1. The van der Waals surface area contributed by atoms with Gasteiger partial charge in [0.2, 0.25) is 0 Å². The molecule has 5 heteroatoms. The van der Waals surface area contributed by atoms with Crippen LogP contribution in [0.4, 0.5) is 0 Å². The molecule has 6 rings (SSSR count). The number of hydrogen-bond donors (Lipinski definition) is 0. The van der Waals surface area contributed by atoms with Gasteiger partial charge in [-0.05, 0) is 87.3 Å². The first-order chi connectivity index (χ1) is 14.5. The van der Waals surface area contributed by atoms with Crippen molar-refractivity contribution in [3.05, 3.63) is 38.4 Å². The van der Waals surface area contributed by atoms with E-state index in [1.165, 1.54) is 35.4 Å². The Kier molecular flexibility index (Phi) is 5.55. The fourth-order valence-corrected chi connectivity index (χ4v) is 8.31. The Morgan fingerprint density at radius 1 is 1.10 bits per heavy atom. The molecule has 0 atom stereocenters. The van der Waals surface area contributed by atoms with Crippen molar-refractivity contribution in [2.75, 3.05) is 0 Å². The van der Waals surface area contributed by atoms with Gasteiger partial charge in [-0.1, -0.05) is 41.4 Å². The maximum atomic E-state index is 13.6. The van der Waals surface area contributed by atoms with Crippen molar-refractivity contribution in [3.8, 4) is 11.3 Å². The molecule has 0 aliphatic heterocycles. The second-order valence-corrected chi connectivity index (χ2v) is 11.8. The largest absolute Gasteiger partial charge is 0.316 e. The van der Waals surface area contributed by atoms with Gasteiger partial charge in [0.15, 0.2) is 4.80 Å². The van der Waals surface area contributed by atoms with E-state index in [-0.39, 0.29) is 11.3 Å². The lowest BCUT2D eigenvalue weighted by molar-refractivity contribution is -0.142. The molecule has 1 amide bonds. The van der Waals surface area contributed by atoms with Gasteiger partial charge in [-0.3, -0.25) is 4.79 Å². The lowest BCUT2D eigenvalue weighted by Crippen LogP contribution is -2.49. The van der Waals surface area contributed by atoms with E-state index in [0.717, 1.165) is 65.7 Å². The van der Waals surface area contributed by atoms with E-state index in [0.29, 0.717) is 0 Å². The molecule has 0 spiro atoms. The lowest BCUT2D eigenvalue weighted by Gasteiger charge is -2.55. The van der Waals surface area contributed by atoms with Gasteiger partial charge in [0, 0.05) is 15.9 Å². The van der Waals surface area contributed by atoms with Crippen molar-refractivity contribution in [3.63, 3.8) is 0 Å². The Labute approximate surface area is 191 Å². The van der Waals surface area contributed by atoms with Crippen molar-refractivity contribution in [2.45, 2.75) is 71.8 Å². The van der Waals surface area contributed by atoms with Gasteiger partial charge in [-0.15, -0.1) is 11.3 Å². The highest BCUT2D eigenvalue weighted by Gasteiger charge is 2.54. The number of carbonyl (C=O) groups is 1. The SMILES string of the molecule is CCCc1sc(=NC(=O)C23CC4CC(CC(C4)C2)C3)n(CC)c1-c1ccc(Br)cc1. The summed E-state index contributed by atoms with van der Waals surface area (Å²) >= 11 is 5.28. The maximum absolute atomic E-state index is 13.6. The minimum atomic E-state index is -0.160. The van der Waals surface area contributed by atoms with Gasteiger partial charge < -0.3 is 4.57 Å². The number of aromatic nitrogens is 1. The first kappa shape index (κ1) is 20.7. The number of nitrogens with zero attached hydrogens (tertiary/aromatic N) is 2. The summed E-state index contributed by atoms with van der Waals surface area (Å²) in [5.41, 5.74) is 2.30. The second-order valence-electron chi connectivity index (χ2n) is 9.77. The predicted molar refractivity (Wildman–Crippen MR) is 126 cm³/mol. The zero-order valence-electron chi connectivity index (χ0n) is 18.0. The fraction of sp³-hybridized carbons (Fsp3) is 0.600. The molecule has 30 heavy (non-hydrogen) atoms. The van der Waals surface area contributed by atoms with Crippen LogP contribution in [0.15, 0.2) is 33.7 Å². The van der Waals surface area contributed by atoms with Crippen molar-refractivity contribution < 1.29 is 4.79 Å². The summed E-state index contributed by atoms with van der Waals surface area (Å²) in [4.78, 5) is 20.7. The molecule has 160 valence electrons. The molecular weight excluding hydrogens is 456 g/mol. The highest BCUT2D eigenvalue weighted by Crippen LogP contribution is 2.60. The maximum Gasteiger partial charge on any atom is 0.254 e. The molecule has 0 unspecified atom stereocenters. The standard InChI is InChI=1S/C25H31BrN2OS/c1-3-5-21-22(19-6-8-20(26)9-7-19)28(4-2)24(30-21)27-23(29)25-13-16-10-17(14-25)12-18(11-16)15-25/h6-9,16-18H,3-5,10-15H2,1-2H3. The summed E-state index contributed by atoms with van der Waals surface area (Å²) < 4.78 is 3.36. The Balaban J connectivity index is 1.57. The molecule has 0 radical (unpaired) electrons. The number of amides is 1. The highest BCUT2D eigenvalue weighted by atomic mass is 79.9. The van der Waals surface area contributed by atoms with Gasteiger partial charge in [-0.25, -0.2) is 0 Å². The monoisotopic (exact) mass is 486 g/mol. The lowest BCUT2D eigenvalue weighted by atomic mass is 9.49. The number of carbonyl (C=O) groups excluding carboxylic acids is 1. The van der Waals surface area contributed by atoms with Gasteiger partial charge in [0.1, 0.15) is 0 Å². The summed E-state index contributed by atoms with van der Waals surface area (Å²) in [6.45, 7) is 5.22. The molecule has 0 saturated heterocycles. The van der Waals surface area contributed by atoms with E-state index < -0.39 is 0 Å². The van der Waals surface area contributed by atoms with Crippen LogP contribution in [0.2, 0.25) is 0 Å². The van der Waals surface area contributed by atoms with E-state index in [4.69, 9.17) is 4.99 Å². The van der Waals surface area contributed by atoms with Crippen LogP contribution in [0.5, 0.6) is 0 Å². The third-order valence-electron chi connectivity index (χ3n) is 7.58. The summed E-state index contributed by atoms with van der Waals surface area (Å²) in [6.07, 6.45) is 9.44. The van der Waals surface area contributed by atoms with Crippen LogP contribution in [0.3, 0.4) is 0 Å². The average Bonchev–Trinajstić information content (AvgIpc) is 3.04. The summed E-state index contributed by atoms with van der Waals surface area (Å²) in [5.74, 6) is 2.48. The van der Waals surface area contributed by atoms with E-state index in [1.54, 1.807) is 11.3 Å². The molecule has 1 aromatic carbocycles. The zero-order chi connectivity index (χ0) is 20.9. The quantitative estimate of drug-likeness (QED) is 0.468. The van der Waals surface area contributed by atoms with Crippen LogP contribution in [0.25, 0.3) is 11.3 Å². The van der Waals surface area contributed by atoms with Crippen molar-refractivity contribution in [1.29, 1.82) is 0 Å². The van der Waals surface area contributed by atoms with Crippen molar-refractivity contribution in [2.24, 2.45) is 28.2 Å². The highest BCUT2D eigenvalue weighted by molar-refractivity contribution is 9.10. The van der Waals surface area contributed by atoms with Crippen LogP contribution >= 0.6 is 27.3 Å². The van der Waals surface area contributed by atoms with Crippen LogP contribution in [-0.2, 0) is 17.8 Å². The van der Waals surface area contributed by atoms with Crippen LogP contribution < -0.4 is 4.80 Å². The number of halogens is 1. The molecule has 4 bridgehead atoms. The molecule has 4 saturated carbocycles. The minimum absolute atomic E-state index is 0.160. The van der Waals surface area contributed by atoms with Gasteiger partial charge in [-0.2, -0.15) is 4.99 Å². The third kappa shape index (κ3) is 3.56. The summed E-state index contributed by atoms with van der Waals surface area (Å²) in [5, 5.41) is 0. The zero-order valence-corrected chi connectivity index (χ0v) is 20.4. The van der Waals surface area contributed by atoms with Crippen molar-refractivity contribution >= 4 is 33.2 Å². The molecule has 1 heterocycles. The minimum Gasteiger partial charge on any atom is -0.316 e. The topological polar surface area (TPSA) is 34.4 Å². The molecule has 2 aromatic rings. The molecule has 3 nitrogen and oxygen atoms in total. The average molecular weight is 488 g/mol. The molecule has 4 aliphatic carbocycles.